The van der Waals surface area contributed by atoms with Crippen molar-refractivity contribution in [3.63, 3.8) is 0 Å². The highest BCUT2D eigenvalue weighted by molar-refractivity contribution is 7.91. The average Bonchev–Trinajstić information content (AvgIpc) is 3.21. The molecule has 0 radical (unpaired) electrons. The summed E-state index contributed by atoms with van der Waals surface area (Å²) in [5.41, 5.74) is 3.98. The molecule has 1 saturated heterocycles. The van der Waals surface area contributed by atoms with Gasteiger partial charge >= 0.3 is 0 Å². The minimum absolute atomic E-state index is 0.0373. The third-order valence-electron chi connectivity index (χ3n) is 5.76. The topological polar surface area (TPSA) is 63.7 Å². The Balaban J connectivity index is 1.52. The van der Waals surface area contributed by atoms with Crippen LogP contribution in [0.2, 0.25) is 0 Å². The van der Waals surface area contributed by atoms with Crippen LogP contribution in [0.15, 0.2) is 54.6 Å². The van der Waals surface area contributed by atoms with E-state index in [1.807, 2.05) is 30.3 Å². The summed E-state index contributed by atoms with van der Waals surface area (Å²) in [6.07, 6.45) is 0.929. The summed E-state index contributed by atoms with van der Waals surface area (Å²) >= 11 is 0. The van der Waals surface area contributed by atoms with E-state index in [4.69, 9.17) is 4.74 Å². The number of nitrogens with zero attached hydrogens (tertiary/aromatic N) is 1. The van der Waals surface area contributed by atoms with Gasteiger partial charge in [-0.05, 0) is 34.0 Å². The first kappa shape index (κ1) is 18.2. The van der Waals surface area contributed by atoms with Gasteiger partial charge in [-0.3, -0.25) is 4.79 Å². The second-order valence-electron chi connectivity index (χ2n) is 7.58. The molecule has 0 aromatic heterocycles. The summed E-state index contributed by atoms with van der Waals surface area (Å²) < 4.78 is 29.2. The number of rotatable bonds is 2. The lowest BCUT2D eigenvalue weighted by Gasteiger charge is -2.26. The zero-order valence-corrected chi connectivity index (χ0v) is 16.7. The molecule has 0 saturated carbocycles. The monoisotopic (exact) mass is 407 g/mol. The molecule has 29 heavy (non-hydrogen) atoms. The average molecular weight is 407 g/mol. The highest BCUT2D eigenvalue weighted by atomic mass is 32.2. The lowest BCUT2D eigenvalue weighted by molar-refractivity contribution is 0.0770. The predicted molar refractivity (Wildman–Crippen MR) is 113 cm³/mol. The number of hydrogen-bond donors (Lipinski definition) is 0. The van der Waals surface area contributed by atoms with E-state index in [0.29, 0.717) is 12.2 Å². The summed E-state index contributed by atoms with van der Waals surface area (Å²) in [6, 6.07) is 18.0. The molecule has 0 atom stereocenters. The third-order valence-corrected chi connectivity index (χ3v) is 7.37. The summed E-state index contributed by atoms with van der Waals surface area (Å²) in [5.74, 6) is 0.913. The van der Waals surface area contributed by atoms with Gasteiger partial charge in [0.1, 0.15) is 5.75 Å². The van der Waals surface area contributed by atoms with E-state index >= 15 is 0 Å². The molecular weight excluding hydrogens is 386 g/mol. The van der Waals surface area contributed by atoms with Crippen molar-refractivity contribution in [3.8, 4) is 16.9 Å². The molecule has 2 aliphatic heterocycles. The van der Waals surface area contributed by atoms with Crippen LogP contribution in [0, 0.1) is 0 Å². The number of para-hydroxylation sites is 1. The highest BCUT2D eigenvalue weighted by Gasteiger charge is 2.26. The molecule has 2 heterocycles. The molecular formula is C23H21NO4S. The first-order chi connectivity index (χ1) is 14.0. The SMILES string of the molecule is O=C(c1ccc2c(-c3cccc4c3OCC4)cccc2c1)N1CCS(=O)(=O)CC1. The van der Waals surface area contributed by atoms with Crippen molar-refractivity contribution in [1.29, 1.82) is 0 Å². The lowest BCUT2D eigenvalue weighted by atomic mass is 9.95. The van der Waals surface area contributed by atoms with E-state index in [1.165, 1.54) is 5.56 Å². The maximum absolute atomic E-state index is 12.9. The van der Waals surface area contributed by atoms with Crippen LogP contribution in [0.4, 0.5) is 0 Å². The molecule has 0 N–H and O–H groups in total. The Labute approximate surface area is 169 Å². The fourth-order valence-electron chi connectivity index (χ4n) is 4.18. The zero-order valence-electron chi connectivity index (χ0n) is 15.9. The first-order valence-electron chi connectivity index (χ1n) is 9.79. The van der Waals surface area contributed by atoms with Crippen LogP contribution in [-0.2, 0) is 16.3 Å². The van der Waals surface area contributed by atoms with Crippen LogP contribution in [0.5, 0.6) is 5.75 Å². The molecule has 148 valence electrons. The van der Waals surface area contributed by atoms with Crippen molar-refractivity contribution in [2.24, 2.45) is 0 Å². The Hall–Kier alpha value is -2.86. The molecule has 6 heteroatoms. The van der Waals surface area contributed by atoms with Crippen molar-refractivity contribution >= 4 is 26.5 Å². The van der Waals surface area contributed by atoms with Gasteiger partial charge in [-0.25, -0.2) is 8.42 Å². The van der Waals surface area contributed by atoms with Crippen LogP contribution in [0.25, 0.3) is 21.9 Å². The van der Waals surface area contributed by atoms with Gasteiger partial charge in [-0.2, -0.15) is 0 Å². The number of carbonyl (C=O) groups excluding carboxylic acids is 1. The largest absolute Gasteiger partial charge is 0.492 e. The summed E-state index contributed by atoms with van der Waals surface area (Å²) in [6.45, 7) is 1.22. The van der Waals surface area contributed by atoms with E-state index in [2.05, 4.69) is 24.3 Å². The molecule has 0 unspecified atom stereocenters. The number of amides is 1. The Morgan fingerprint density at radius 2 is 1.69 bits per heavy atom. The number of benzene rings is 3. The second kappa shape index (κ2) is 6.88. The zero-order chi connectivity index (χ0) is 20.0. The summed E-state index contributed by atoms with van der Waals surface area (Å²) in [7, 11) is -3.01. The van der Waals surface area contributed by atoms with Crippen molar-refractivity contribution in [1.82, 2.24) is 4.90 Å². The van der Waals surface area contributed by atoms with Crippen LogP contribution in [-0.4, -0.2) is 50.4 Å². The molecule has 0 spiro atoms. The first-order valence-corrected chi connectivity index (χ1v) is 11.6. The molecule has 0 aliphatic carbocycles. The molecule has 5 rings (SSSR count). The summed E-state index contributed by atoms with van der Waals surface area (Å²) in [4.78, 5) is 14.5. The van der Waals surface area contributed by atoms with Gasteiger partial charge in [0.05, 0.1) is 18.1 Å². The Bertz CT molecular complexity index is 1220. The number of hydrogen-bond acceptors (Lipinski definition) is 4. The number of carbonyl (C=O) groups is 1. The maximum atomic E-state index is 12.9. The molecule has 1 amide bonds. The van der Waals surface area contributed by atoms with Gasteiger partial charge in [-0.1, -0.05) is 42.5 Å². The van der Waals surface area contributed by atoms with Crippen molar-refractivity contribution in [2.45, 2.75) is 6.42 Å². The van der Waals surface area contributed by atoms with Gasteiger partial charge in [0.15, 0.2) is 9.84 Å². The van der Waals surface area contributed by atoms with Gasteiger partial charge in [0, 0.05) is 30.6 Å². The second-order valence-corrected chi connectivity index (χ2v) is 9.88. The maximum Gasteiger partial charge on any atom is 0.253 e. The molecule has 1 fully saturated rings. The molecule has 3 aromatic rings. The van der Waals surface area contributed by atoms with Crippen molar-refractivity contribution in [3.05, 3.63) is 65.7 Å². The standard InChI is InChI=1S/C23H21NO4S/c25-23(24-10-13-29(26,27)14-11-24)18-7-8-19-17(15-18)4-2-5-20(19)21-6-1-3-16-9-12-28-22(16)21/h1-8,15H,9-14H2. The van der Waals surface area contributed by atoms with Crippen molar-refractivity contribution in [2.75, 3.05) is 31.2 Å². The van der Waals surface area contributed by atoms with E-state index in [9.17, 15) is 13.2 Å². The van der Waals surface area contributed by atoms with Gasteiger partial charge in [-0.15, -0.1) is 0 Å². The number of ether oxygens (including phenoxy) is 1. The minimum atomic E-state index is -3.01. The minimum Gasteiger partial charge on any atom is -0.492 e. The number of fused-ring (bicyclic) bond motifs is 2. The van der Waals surface area contributed by atoms with Gasteiger partial charge in [0.2, 0.25) is 0 Å². The van der Waals surface area contributed by atoms with Crippen LogP contribution in [0.1, 0.15) is 15.9 Å². The molecule has 5 nitrogen and oxygen atoms in total. The Morgan fingerprint density at radius 1 is 0.931 bits per heavy atom. The third kappa shape index (κ3) is 3.27. The lowest BCUT2D eigenvalue weighted by Crippen LogP contribution is -2.43. The van der Waals surface area contributed by atoms with Crippen LogP contribution in [0.3, 0.4) is 0 Å². The van der Waals surface area contributed by atoms with Crippen LogP contribution >= 0.6 is 0 Å². The van der Waals surface area contributed by atoms with Gasteiger partial charge in [0.25, 0.3) is 5.91 Å². The van der Waals surface area contributed by atoms with E-state index in [0.717, 1.165) is 34.1 Å². The fraction of sp³-hybridized carbons (Fsp3) is 0.261. The quantitative estimate of drug-likeness (QED) is 0.654. The fourth-order valence-corrected chi connectivity index (χ4v) is 5.38. The molecule has 2 aliphatic rings. The Morgan fingerprint density at radius 3 is 2.52 bits per heavy atom. The van der Waals surface area contributed by atoms with Gasteiger partial charge < -0.3 is 9.64 Å². The van der Waals surface area contributed by atoms with Crippen molar-refractivity contribution < 1.29 is 17.9 Å². The normalized spacial score (nSPS) is 17.7. The molecule has 3 aromatic carbocycles. The number of sulfone groups is 1. The summed E-state index contributed by atoms with van der Waals surface area (Å²) in [5, 5.41) is 2.04. The predicted octanol–water partition coefficient (Wildman–Crippen LogP) is 3.31. The van der Waals surface area contributed by atoms with E-state index in [-0.39, 0.29) is 30.5 Å². The highest BCUT2D eigenvalue weighted by Crippen LogP contribution is 2.39. The van der Waals surface area contributed by atoms with E-state index in [1.54, 1.807) is 4.90 Å². The Kier molecular flexibility index (Phi) is 4.32. The van der Waals surface area contributed by atoms with Crippen LogP contribution < -0.4 is 4.74 Å². The van der Waals surface area contributed by atoms with E-state index < -0.39 is 9.84 Å². The smallest absolute Gasteiger partial charge is 0.253 e. The molecule has 0 bridgehead atoms.